The molecule has 21 heavy (non-hydrogen) atoms. The molecule has 0 saturated heterocycles. The maximum atomic E-state index is 4.40. The Hall–Kier alpha value is -1.19. The molecule has 2 nitrogen and oxygen atoms in total. The zero-order valence-corrected chi connectivity index (χ0v) is 14.3. The zero-order valence-electron chi connectivity index (χ0n) is 13.5. The van der Waals surface area contributed by atoms with Crippen molar-refractivity contribution < 1.29 is 0 Å². The van der Waals surface area contributed by atoms with Gasteiger partial charge in [-0.1, -0.05) is 45.0 Å². The van der Waals surface area contributed by atoms with Gasteiger partial charge < -0.3 is 5.32 Å². The molecule has 0 fully saturated rings. The van der Waals surface area contributed by atoms with Gasteiger partial charge in [0.05, 0.1) is 11.2 Å². The average molecular weight is 302 g/mol. The minimum absolute atomic E-state index is 0.377. The van der Waals surface area contributed by atoms with Crippen molar-refractivity contribution in [3.05, 3.63) is 51.5 Å². The number of aryl methyl sites for hydroxylation is 1. The zero-order chi connectivity index (χ0) is 15.2. The van der Waals surface area contributed by atoms with Crippen molar-refractivity contribution in [2.75, 3.05) is 6.54 Å². The highest BCUT2D eigenvalue weighted by atomic mass is 32.1. The summed E-state index contributed by atoms with van der Waals surface area (Å²) in [6.07, 6.45) is 2.18. The summed E-state index contributed by atoms with van der Waals surface area (Å²) in [5.74, 6) is 0.594. The second-order valence-corrected chi connectivity index (χ2v) is 6.80. The lowest BCUT2D eigenvalue weighted by molar-refractivity contribution is 0.533. The molecule has 0 radical (unpaired) electrons. The van der Waals surface area contributed by atoms with Crippen LogP contribution in [0, 0.1) is 6.92 Å². The lowest BCUT2D eigenvalue weighted by Crippen LogP contribution is -2.24. The fraction of sp³-hybridized carbons (Fsp3) is 0.500. The van der Waals surface area contributed by atoms with Crippen LogP contribution in [0.2, 0.25) is 0 Å². The maximum Gasteiger partial charge on any atom is 0.0798 e. The van der Waals surface area contributed by atoms with Gasteiger partial charge >= 0.3 is 0 Å². The Balaban J connectivity index is 2.13. The fourth-order valence-corrected chi connectivity index (χ4v) is 3.37. The number of nitrogens with zero attached hydrogens (tertiary/aromatic N) is 1. The first-order valence-electron chi connectivity index (χ1n) is 7.84. The van der Waals surface area contributed by atoms with E-state index in [4.69, 9.17) is 0 Å². The Morgan fingerprint density at radius 2 is 1.90 bits per heavy atom. The Morgan fingerprint density at radius 1 is 1.19 bits per heavy atom. The van der Waals surface area contributed by atoms with Gasteiger partial charge in [0.25, 0.3) is 0 Å². The van der Waals surface area contributed by atoms with Gasteiger partial charge in [-0.05, 0) is 43.4 Å². The molecule has 2 aromatic rings. The largest absolute Gasteiger partial charge is 0.309 e. The molecule has 1 aromatic heterocycles. The third kappa shape index (κ3) is 4.39. The summed E-state index contributed by atoms with van der Waals surface area (Å²) in [4.78, 5) is 5.77. The minimum atomic E-state index is 0.377. The number of hydrogen-bond donors (Lipinski definition) is 1. The average Bonchev–Trinajstić information content (AvgIpc) is 2.90. The van der Waals surface area contributed by atoms with Gasteiger partial charge in [0, 0.05) is 10.9 Å². The lowest BCUT2D eigenvalue weighted by atomic mass is 9.98. The summed E-state index contributed by atoms with van der Waals surface area (Å²) in [5.41, 5.74) is 5.91. The smallest absolute Gasteiger partial charge is 0.0798 e. The summed E-state index contributed by atoms with van der Waals surface area (Å²) in [7, 11) is 0. The summed E-state index contributed by atoms with van der Waals surface area (Å²) in [6.45, 7) is 9.84. The van der Waals surface area contributed by atoms with Crippen molar-refractivity contribution in [3.8, 4) is 0 Å². The van der Waals surface area contributed by atoms with E-state index in [0.717, 1.165) is 25.1 Å². The molecule has 2 rings (SSSR count). The quantitative estimate of drug-likeness (QED) is 0.790. The van der Waals surface area contributed by atoms with E-state index in [0.29, 0.717) is 12.0 Å². The van der Waals surface area contributed by atoms with E-state index < -0.39 is 0 Å². The molecular formula is C18H26N2S. The highest BCUT2D eigenvalue weighted by Gasteiger charge is 2.16. The first-order chi connectivity index (χ1) is 10.1. The third-order valence-electron chi connectivity index (χ3n) is 3.83. The van der Waals surface area contributed by atoms with Gasteiger partial charge in [0.1, 0.15) is 0 Å². The van der Waals surface area contributed by atoms with Crippen LogP contribution in [0.15, 0.2) is 29.8 Å². The monoisotopic (exact) mass is 302 g/mol. The van der Waals surface area contributed by atoms with Crippen LogP contribution in [0.25, 0.3) is 0 Å². The first kappa shape index (κ1) is 16.2. The number of aromatic nitrogens is 1. The molecule has 3 heteroatoms. The molecule has 1 N–H and O–H groups in total. The van der Waals surface area contributed by atoms with Gasteiger partial charge in [-0.2, -0.15) is 0 Å². The molecule has 0 bridgehead atoms. The Bertz CT molecular complexity index is 543. The second kappa shape index (κ2) is 7.71. The summed E-state index contributed by atoms with van der Waals surface area (Å²) < 4.78 is 0. The predicted molar refractivity (Wildman–Crippen MR) is 92.1 cm³/mol. The molecule has 114 valence electrons. The number of rotatable bonds is 7. The van der Waals surface area contributed by atoms with E-state index >= 15 is 0 Å². The van der Waals surface area contributed by atoms with Crippen molar-refractivity contribution in [1.29, 1.82) is 0 Å². The molecule has 0 aliphatic heterocycles. The van der Waals surface area contributed by atoms with Gasteiger partial charge in [-0.25, -0.2) is 4.98 Å². The number of benzene rings is 1. The van der Waals surface area contributed by atoms with E-state index in [1.807, 2.05) is 5.51 Å². The molecule has 1 unspecified atom stereocenters. The van der Waals surface area contributed by atoms with Crippen LogP contribution >= 0.6 is 11.3 Å². The summed E-state index contributed by atoms with van der Waals surface area (Å²) >= 11 is 1.76. The number of nitrogens with one attached hydrogen (secondary N) is 1. The molecule has 0 aliphatic rings. The highest BCUT2D eigenvalue weighted by Crippen LogP contribution is 2.26. The third-order valence-corrected chi connectivity index (χ3v) is 4.87. The molecular weight excluding hydrogens is 276 g/mol. The Kier molecular flexibility index (Phi) is 5.95. The van der Waals surface area contributed by atoms with Crippen molar-refractivity contribution in [1.82, 2.24) is 10.3 Å². The van der Waals surface area contributed by atoms with Crippen LogP contribution in [0.4, 0.5) is 0 Å². The highest BCUT2D eigenvalue weighted by molar-refractivity contribution is 7.09. The molecule has 1 aromatic carbocycles. The molecule has 0 spiro atoms. The van der Waals surface area contributed by atoms with Crippen molar-refractivity contribution in [2.45, 2.75) is 52.5 Å². The summed E-state index contributed by atoms with van der Waals surface area (Å²) in [6, 6.07) is 9.44. The van der Waals surface area contributed by atoms with Crippen molar-refractivity contribution >= 4 is 11.3 Å². The fourth-order valence-electron chi connectivity index (χ4n) is 2.50. The predicted octanol–water partition coefficient (Wildman–Crippen LogP) is 4.86. The summed E-state index contributed by atoms with van der Waals surface area (Å²) in [5, 5.41) is 3.67. The van der Waals surface area contributed by atoms with Gasteiger partial charge in [-0.3, -0.25) is 0 Å². The number of hydrogen-bond acceptors (Lipinski definition) is 3. The molecule has 0 amide bonds. The van der Waals surface area contributed by atoms with Gasteiger partial charge in [-0.15, -0.1) is 11.3 Å². The Morgan fingerprint density at radius 3 is 2.43 bits per heavy atom. The maximum absolute atomic E-state index is 4.40. The van der Waals surface area contributed by atoms with Gasteiger partial charge in [0.2, 0.25) is 0 Å². The topological polar surface area (TPSA) is 24.9 Å². The molecule has 0 saturated carbocycles. The SMILES string of the molecule is CCCNC(Cc1ccc(C(C)C)cc1)c1scnc1C. The number of thiazole rings is 1. The normalized spacial score (nSPS) is 12.8. The lowest BCUT2D eigenvalue weighted by Gasteiger charge is -2.18. The molecule has 1 atom stereocenters. The van der Waals surface area contributed by atoms with Crippen LogP contribution < -0.4 is 5.32 Å². The molecule has 0 aliphatic carbocycles. The standard InChI is InChI=1S/C18H26N2S/c1-5-10-19-17(18-14(4)20-12-21-18)11-15-6-8-16(9-7-15)13(2)3/h6-9,12-13,17,19H,5,10-11H2,1-4H3. The van der Waals surface area contributed by atoms with Crippen molar-refractivity contribution in [2.24, 2.45) is 0 Å². The van der Waals surface area contributed by atoms with E-state index in [-0.39, 0.29) is 0 Å². The first-order valence-corrected chi connectivity index (χ1v) is 8.72. The van der Waals surface area contributed by atoms with Gasteiger partial charge in [0.15, 0.2) is 0 Å². The van der Waals surface area contributed by atoms with E-state index in [2.05, 4.69) is 62.3 Å². The van der Waals surface area contributed by atoms with Crippen LogP contribution in [-0.2, 0) is 6.42 Å². The van der Waals surface area contributed by atoms with Crippen LogP contribution in [0.5, 0.6) is 0 Å². The minimum Gasteiger partial charge on any atom is -0.309 e. The van der Waals surface area contributed by atoms with Crippen LogP contribution in [0.3, 0.4) is 0 Å². The van der Waals surface area contributed by atoms with Crippen molar-refractivity contribution in [3.63, 3.8) is 0 Å². The second-order valence-electron chi connectivity index (χ2n) is 5.91. The van der Waals surface area contributed by atoms with E-state index in [1.54, 1.807) is 11.3 Å². The van der Waals surface area contributed by atoms with Crippen LogP contribution in [-0.4, -0.2) is 11.5 Å². The molecule has 1 heterocycles. The Labute approximate surface area is 132 Å². The van der Waals surface area contributed by atoms with E-state index in [9.17, 15) is 0 Å². The van der Waals surface area contributed by atoms with E-state index in [1.165, 1.54) is 16.0 Å². The van der Waals surface area contributed by atoms with Crippen LogP contribution in [0.1, 0.15) is 60.8 Å².